The molecule has 3 rings (SSSR count). The number of carbonyl (C=O) groups is 2. The van der Waals surface area contributed by atoms with E-state index in [4.69, 9.17) is 14.2 Å². The molecule has 0 amide bonds. The summed E-state index contributed by atoms with van der Waals surface area (Å²) in [5.41, 5.74) is 0. The predicted molar refractivity (Wildman–Crippen MR) is 114 cm³/mol. The van der Waals surface area contributed by atoms with Gasteiger partial charge in [0.05, 0.1) is 0 Å². The monoisotopic (exact) mass is 664 g/mol. The van der Waals surface area contributed by atoms with Gasteiger partial charge in [0.1, 0.15) is 0 Å². The first-order chi connectivity index (χ1) is 13.5. The van der Waals surface area contributed by atoms with E-state index in [-0.39, 0.29) is 198 Å². The van der Waals surface area contributed by atoms with Crippen LogP contribution < -0.4 is 175 Å². The minimum atomic E-state index is -0.0486. The fraction of sp³-hybridized carbons (Fsp3) is 0.792. The second-order valence-electron chi connectivity index (χ2n) is 9.56. The third-order valence-corrected chi connectivity index (χ3v) is 5.85. The van der Waals surface area contributed by atoms with Gasteiger partial charge in [-0.15, -0.1) is 5.92 Å². The molecule has 170 valence electrons. The molecule has 0 aliphatic carbocycles. The molecule has 0 aromatic carbocycles. The van der Waals surface area contributed by atoms with Crippen molar-refractivity contribution in [2.24, 2.45) is 35.5 Å². The Hall–Kier alpha value is 4.32. The van der Waals surface area contributed by atoms with Gasteiger partial charge in [-0.3, -0.25) is 27.3 Å². The summed E-state index contributed by atoms with van der Waals surface area (Å²) in [6.45, 7) is 21.7. The van der Waals surface area contributed by atoms with Gasteiger partial charge in [-0.2, -0.15) is 20.8 Å². The first kappa shape index (κ1) is 40.8. The molecule has 0 radical (unpaired) electrons. The first-order valence-electron chi connectivity index (χ1n) is 10.8. The van der Waals surface area contributed by atoms with E-state index in [1.807, 2.05) is 41.5 Å². The molecule has 0 aromatic heterocycles. The van der Waals surface area contributed by atoms with Crippen LogP contribution in [0.2, 0.25) is 0 Å². The Labute approximate surface area is 344 Å². The van der Waals surface area contributed by atoms with Crippen molar-refractivity contribution in [1.29, 1.82) is 0 Å². The van der Waals surface area contributed by atoms with Crippen molar-refractivity contribution in [2.45, 2.75) is 62.3 Å². The molecule has 5 nitrogen and oxygen atoms in total. The minimum absolute atomic E-state index is 0. The molecular formula is C24H41O5Rb3. The van der Waals surface area contributed by atoms with Crippen molar-refractivity contribution in [3.63, 3.8) is 0 Å². The summed E-state index contributed by atoms with van der Waals surface area (Å²) in [4.78, 5) is 22.0. The van der Waals surface area contributed by atoms with E-state index in [1.165, 1.54) is 17.8 Å². The van der Waals surface area contributed by atoms with Crippen LogP contribution in [0, 0.1) is 53.3 Å². The number of esters is 2. The fourth-order valence-electron chi connectivity index (χ4n) is 4.17. The van der Waals surface area contributed by atoms with E-state index < -0.39 is 0 Å². The predicted octanol–water partition coefficient (Wildman–Crippen LogP) is -4.29. The molecule has 32 heavy (non-hydrogen) atoms. The van der Waals surface area contributed by atoms with Crippen LogP contribution in [0.3, 0.4) is 0 Å². The second kappa shape index (κ2) is 21.2. The smallest absolute Gasteiger partial charge is 0.500 e. The van der Waals surface area contributed by atoms with Gasteiger partial charge in [0.2, 0.25) is 0 Å². The van der Waals surface area contributed by atoms with Crippen molar-refractivity contribution in [3.05, 3.63) is 17.8 Å². The zero-order chi connectivity index (χ0) is 22.3. The summed E-state index contributed by atoms with van der Waals surface area (Å²) in [5, 5.41) is 0. The third-order valence-electron chi connectivity index (χ3n) is 5.85. The van der Waals surface area contributed by atoms with E-state index in [1.54, 1.807) is 0 Å². The van der Waals surface area contributed by atoms with E-state index in [2.05, 4.69) is 20.8 Å². The zero-order valence-electron chi connectivity index (χ0n) is 22.8. The van der Waals surface area contributed by atoms with Crippen LogP contribution in [0.25, 0.3) is 0 Å². The summed E-state index contributed by atoms with van der Waals surface area (Å²) in [5.74, 6) is 6.12. The SMILES string of the molecule is C[C-]1COC(=O)C1C(C)C.C[C-]1COC(=O)C1C(C)C.C[C-]1COCC1C(C)C.[Rb+].[Rb+].[Rb+]. The van der Waals surface area contributed by atoms with Crippen LogP contribution >= 0.6 is 0 Å². The van der Waals surface area contributed by atoms with Gasteiger partial charge >= 0.3 is 175 Å². The van der Waals surface area contributed by atoms with Crippen molar-refractivity contribution >= 4 is 11.9 Å². The molecule has 3 aliphatic rings. The number of cyclic esters (lactones) is 2. The van der Waals surface area contributed by atoms with Crippen LogP contribution in [0.5, 0.6) is 0 Å². The third kappa shape index (κ3) is 13.9. The fourth-order valence-corrected chi connectivity index (χ4v) is 4.17. The van der Waals surface area contributed by atoms with Crippen LogP contribution in [-0.4, -0.2) is 38.4 Å². The Morgan fingerprint density at radius 3 is 1.16 bits per heavy atom. The largest absolute Gasteiger partial charge is 1.00 e. The Balaban J connectivity index is -0.000000377. The molecule has 0 N–H and O–H groups in total. The van der Waals surface area contributed by atoms with Gasteiger partial charge < -0.3 is 14.2 Å². The molecule has 3 saturated heterocycles. The summed E-state index contributed by atoms with van der Waals surface area (Å²) in [7, 11) is 0. The van der Waals surface area contributed by atoms with Crippen molar-refractivity contribution < 1.29 is 198 Å². The second-order valence-corrected chi connectivity index (χ2v) is 9.56. The Bertz CT molecular complexity index is 494. The van der Waals surface area contributed by atoms with E-state index >= 15 is 0 Å². The molecule has 3 unspecified atom stereocenters. The average molecular weight is 666 g/mol. The summed E-state index contributed by atoms with van der Waals surface area (Å²) < 4.78 is 15.0. The average Bonchev–Trinajstić information content (AvgIpc) is 3.28. The van der Waals surface area contributed by atoms with E-state index in [9.17, 15) is 9.59 Å². The van der Waals surface area contributed by atoms with Crippen LogP contribution in [0.4, 0.5) is 0 Å². The number of hydrogen-bond donors (Lipinski definition) is 0. The molecule has 0 spiro atoms. The van der Waals surface area contributed by atoms with Crippen molar-refractivity contribution in [2.75, 3.05) is 26.4 Å². The van der Waals surface area contributed by atoms with Gasteiger partial charge in [-0.05, 0) is 13.2 Å². The molecule has 3 atom stereocenters. The Morgan fingerprint density at radius 2 is 1.03 bits per heavy atom. The van der Waals surface area contributed by atoms with Gasteiger partial charge in [0.15, 0.2) is 0 Å². The maximum atomic E-state index is 11.0. The van der Waals surface area contributed by atoms with Gasteiger partial charge in [-0.1, -0.05) is 77.7 Å². The molecular weight excluding hydrogens is 625 g/mol. The van der Waals surface area contributed by atoms with Gasteiger partial charge in [0.25, 0.3) is 11.9 Å². The number of carbonyl (C=O) groups excluding carboxylic acids is 2. The Morgan fingerprint density at radius 1 is 0.656 bits per heavy atom. The zero-order valence-corrected chi connectivity index (χ0v) is 37.6. The molecule has 3 heterocycles. The Kier molecular flexibility index (Phi) is 27.0. The molecule has 0 aromatic rings. The van der Waals surface area contributed by atoms with Crippen molar-refractivity contribution in [1.82, 2.24) is 0 Å². The molecule has 0 bridgehead atoms. The summed E-state index contributed by atoms with van der Waals surface area (Å²) in [6, 6.07) is 0. The van der Waals surface area contributed by atoms with Gasteiger partial charge in [-0.25, -0.2) is 0 Å². The number of ether oxygens (including phenoxy) is 3. The number of hydrogen-bond acceptors (Lipinski definition) is 5. The van der Waals surface area contributed by atoms with Crippen LogP contribution in [0.1, 0.15) is 62.3 Å². The van der Waals surface area contributed by atoms with Crippen LogP contribution in [-0.2, 0) is 23.8 Å². The molecule has 0 saturated carbocycles. The molecule has 3 fully saturated rings. The van der Waals surface area contributed by atoms with Gasteiger partial charge in [0, 0.05) is 6.61 Å². The van der Waals surface area contributed by atoms with Crippen molar-refractivity contribution in [3.8, 4) is 0 Å². The summed E-state index contributed by atoms with van der Waals surface area (Å²) in [6.07, 6.45) is 0. The first-order valence-corrected chi connectivity index (χ1v) is 10.8. The maximum Gasteiger partial charge on any atom is 1.00 e. The summed E-state index contributed by atoms with van der Waals surface area (Å²) >= 11 is 0. The van der Waals surface area contributed by atoms with Crippen LogP contribution in [0.15, 0.2) is 0 Å². The number of rotatable bonds is 3. The topological polar surface area (TPSA) is 61.8 Å². The van der Waals surface area contributed by atoms with E-state index in [0.717, 1.165) is 25.0 Å². The van der Waals surface area contributed by atoms with E-state index in [0.29, 0.717) is 25.0 Å². The maximum absolute atomic E-state index is 11.0. The normalized spacial score (nSPS) is 25.7. The molecule has 8 heteroatoms. The standard InChI is InChI=1S/2C8H13O2.C8H15O.3Rb/c2*1-5(2)7-6(3)4-10-8(7)9;1-6(2)8-5-9-4-7(8)3;;;/h2*5,7H,4H2,1-3H3;6,8H,4-5H2,1-3H3;;;/q3*-1;3*+1. The quantitative estimate of drug-likeness (QED) is 0.226. The minimum Gasteiger partial charge on any atom is -0.500 e. The molecule has 3 aliphatic heterocycles.